The largest absolute Gasteiger partial charge is 0.484 e. The number of carbonyl (C=O) groups excluding carboxylic acids is 1. The van der Waals surface area contributed by atoms with E-state index in [9.17, 15) is 4.79 Å². The number of carbonyl (C=O) groups is 1. The maximum atomic E-state index is 13.2. The summed E-state index contributed by atoms with van der Waals surface area (Å²) in [6, 6.07) is 13.9. The van der Waals surface area contributed by atoms with Gasteiger partial charge in [0.25, 0.3) is 5.91 Å². The molecule has 3 aromatic rings. The minimum absolute atomic E-state index is 0.0241. The predicted molar refractivity (Wildman–Crippen MR) is 133 cm³/mol. The van der Waals surface area contributed by atoms with Crippen LogP contribution in [-0.4, -0.2) is 61.8 Å². The minimum Gasteiger partial charge on any atom is -0.484 e. The van der Waals surface area contributed by atoms with Crippen molar-refractivity contribution in [2.75, 3.05) is 50.9 Å². The molecular formula is C24H28BrN3O3S. The number of fused-ring (bicyclic) bond motifs is 1. The molecule has 0 bridgehead atoms. The third kappa shape index (κ3) is 5.86. The molecule has 0 atom stereocenters. The van der Waals surface area contributed by atoms with Crippen LogP contribution in [0, 0.1) is 0 Å². The van der Waals surface area contributed by atoms with Gasteiger partial charge in [0.05, 0.1) is 23.4 Å². The molecule has 0 saturated carbocycles. The van der Waals surface area contributed by atoms with Crippen LogP contribution in [0.2, 0.25) is 0 Å². The first kappa shape index (κ1) is 23.2. The third-order valence-electron chi connectivity index (χ3n) is 5.52. The van der Waals surface area contributed by atoms with Crippen molar-refractivity contribution < 1.29 is 14.3 Å². The molecule has 170 valence electrons. The fourth-order valence-electron chi connectivity index (χ4n) is 3.57. The van der Waals surface area contributed by atoms with Gasteiger partial charge in [-0.1, -0.05) is 53.2 Å². The molecule has 8 heteroatoms. The van der Waals surface area contributed by atoms with E-state index in [1.807, 2.05) is 42.5 Å². The standard InChI is InChI=1S/C24H28BrN3O3S/c1-17(2)18-3-6-20(7-4-18)31-16-23(29)28(10-9-27-11-13-30-14-12-27)24-26-21-8-5-19(25)15-22(21)32-24/h3-8,15,17H,9-14,16H2,1-2H3. The number of anilines is 1. The lowest BCUT2D eigenvalue weighted by Gasteiger charge is -2.29. The first-order valence-corrected chi connectivity index (χ1v) is 12.5. The second-order valence-corrected chi connectivity index (χ2v) is 10.0. The van der Waals surface area contributed by atoms with Gasteiger partial charge in [0, 0.05) is 30.7 Å². The van der Waals surface area contributed by atoms with Crippen molar-refractivity contribution in [2.24, 2.45) is 0 Å². The lowest BCUT2D eigenvalue weighted by atomic mass is 10.0. The summed E-state index contributed by atoms with van der Waals surface area (Å²) in [4.78, 5) is 22.0. The van der Waals surface area contributed by atoms with Gasteiger partial charge in [0.15, 0.2) is 11.7 Å². The number of hydrogen-bond donors (Lipinski definition) is 0. The Balaban J connectivity index is 1.48. The molecule has 1 aliphatic rings. The van der Waals surface area contributed by atoms with Gasteiger partial charge in [0.2, 0.25) is 0 Å². The van der Waals surface area contributed by atoms with E-state index in [0.717, 1.165) is 47.5 Å². The Labute approximate surface area is 201 Å². The van der Waals surface area contributed by atoms with E-state index in [-0.39, 0.29) is 12.5 Å². The molecule has 32 heavy (non-hydrogen) atoms. The summed E-state index contributed by atoms with van der Waals surface area (Å²) in [6.07, 6.45) is 0. The Morgan fingerprint density at radius 3 is 2.69 bits per heavy atom. The van der Waals surface area contributed by atoms with Crippen molar-refractivity contribution in [2.45, 2.75) is 19.8 Å². The number of rotatable bonds is 8. The van der Waals surface area contributed by atoms with Crippen LogP contribution in [0.4, 0.5) is 5.13 Å². The summed E-state index contributed by atoms with van der Waals surface area (Å²) in [5, 5.41) is 0.704. The number of thiazole rings is 1. The van der Waals surface area contributed by atoms with E-state index in [4.69, 9.17) is 14.5 Å². The van der Waals surface area contributed by atoms with E-state index in [1.54, 1.807) is 4.90 Å². The molecule has 0 unspecified atom stereocenters. The zero-order valence-electron chi connectivity index (χ0n) is 18.4. The summed E-state index contributed by atoms with van der Waals surface area (Å²) in [7, 11) is 0. The van der Waals surface area contributed by atoms with Crippen molar-refractivity contribution in [3.05, 3.63) is 52.5 Å². The van der Waals surface area contributed by atoms with Gasteiger partial charge < -0.3 is 9.47 Å². The Bertz CT molecular complexity index is 1050. The smallest absolute Gasteiger partial charge is 0.266 e. The molecule has 6 nitrogen and oxygen atoms in total. The van der Waals surface area contributed by atoms with Gasteiger partial charge in [-0.15, -0.1) is 0 Å². The van der Waals surface area contributed by atoms with Crippen LogP contribution >= 0.6 is 27.3 Å². The molecule has 1 amide bonds. The summed E-state index contributed by atoms with van der Waals surface area (Å²) >= 11 is 5.04. The number of morpholine rings is 1. The Hall–Kier alpha value is -2.00. The van der Waals surface area contributed by atoms with Gasteiger partial charge in [-0.2, -0.15) is 0 Å². The molecular weight excluding hydrogens is 490 g/mol. The first-order valence-electron chi connectivity index (χ1n) is 10.9. The van der Waals surface area contributed by atoms with Crippen molar-refractivity contribution >= 4 is 48.5 Å². The van der Waals surface area contributed by atoms with Crippen LogP contribution < -0.4 is 9.64 Å². The maximum absolute atomic E-state index is 13.2. The molecule has 1 fully saturated rings. The lowest BCUT2D eigenvalue weighted by Crippen LogP contribution is -2.44. The van der Waals surface area contributed by atoms with E-state index < -0.39 is 0 Å². The van der Waals surface area contributed by atoms with Gasteiger partial charge in [-0.3, -0.25) is 14.6 Å². The second kappa shape index (κ2) is 10.7. The summed E-state index contributed by atoms with van der Waals surface area (Å²) in [6.45, 7) is 8.86. The second-order valence-electron chi connectivity index (χ2n) is 8.12. The maximum Gasteiger partial charge on any atom is 0.266 e. The zero-order chi connectivity index (χ0) is 22.5. The fraction of sp³-hybridized carbons (Fsp3) is 0.417. The van der Waals surface area contributed by atoms with Crippen LogP contribution in [0.15, 0.2) is 46.9 Å². The van der Waals surface area contributed by atoms with Crippen molar-refractivity contribution in [3.63, 3.8) is 0 Å². The molecule has 0 radical (unpaired) electrons. The molecule has 2 aromatic carbocycles. The Kier molecular flexibility index (Phi) is 7.78. The highest BCUT2D eigenvalue weighted by Gasteiger charge is 2.22. The summed E-state index contributed by atoms with van der Waals surface area (Å²) in [5.41, 5.74) is 2.14. The molecule has 1 aliphatic heterocycles. The number of amides is 1. The van der Waals surface area contributed by atoms with Crippen LogP contribution in [0.3, 0.4) is 0 Å². The van der Waals surface area contributed by atoms with Crippen LogP contribution in [0.1, 0.15) is 25.3 Å². The predicted octanol–water partition coefficient (Wildman–Crippen LogP) is 4.93. The number of nitrogens with zero attached hydrogens (tertiary/aromatic N) is 3. The normalized spacial score (nSPS) is 14.8. The molecule has 0 N–H and O–H groups in total. The number of aromatic nitrogens is 1. The third-order valence-corrected chi connectivity index (χ3v) is 7.06. The first-order chi connectivity index (χ1) is 15.5. The monoisotopic (exact) mass is 517 g/mol. The van der Waals surface area contributed by atoms with E-state index in [0.29, 0.717) is 23.3 Å². The highest BCUT2D eigenvalue weighted by Crippen LogP contribution is 2.31. The molecule has 0 spiro atoms. The van der Waals surface area contributed by atoms with Gasteiger partial charge in [-0.25, -0.2) is 4.98 Å². The average Bonchev–Trinajstić information content (AvgIpc) is 3.21. The van der Waals surface area contributed by atoms with E-state index in [1.165, 1.54) is 16.9 Å². The SMILES string of the molecule is CC(C)c1ccc(OCC(=O)N(CCN2CCOCC2)c2nc3ccc(Br)cc3s2)cc1. The van der Waals surface area contributed by atoms with Crippen LogP contribution in [0.25, 0.3) is 10.2 Å². The van der Waals surface area contributed by atoms with Crippen molar-refractivity contribution in [1.82, 2.24) is 9.88 Å². The zero-order valence-corrected chi connectivity index (χ0v) is 20.8. The van der Waals surface area contributed by atoms with Crippen molar-refractivity contribution in [3.8, 4) is 5.75 Å². The number of benzene rings is 2. The number of ether oxygens (including phenoxy) is 2. The van der Waals surface area contributed by atoms with E-state index >= 15 is 0 Å². The average molecular weight is 518 g/mol. The molecule has 0 aliphatic carbocycles. The molecule has 4 rings (SSSR count). The minimum atomic E-state index is -0.0932. The Morgan fingerprint density at radius 1 is 1.22 bits per heavy atom. The highest BCUT2D eigenvalue weighted by molar-refractivity contribution is 9.10. The number of hydrogen-bond acceptors (Lipinski definition) is 6. The molecule has 1 saturated heterocycles. The van der Waals surface area contributed by atoms with Crippen LogP contribution in [-0.2, 0) is 9.53 Å². The van der Waals surface area contributed by atoms with E-state index in [2.05, 4.69) is 34.7 Å². The van der Waals surface area contributed by atoms with Gasteiger partial charge >= 0.3 is 0 Å². The summed E-state index contributed by atoms with van der Waals surface area (Å²) in [5.74, 6) is 1.06. The van der Waals surface area contributed by atoms with Gasteiger partial charge in [0.1, 0.15) is 5.75 Å². The van der Waals surface area contributed by atoms with Crippen molar-refractivity contribution in [1.29, 1.82) is 0 Å². The Morgan fingerprint density at radius 2 is 1.97 bits per heavy atom. The topological polar surface area (TPSA) is 54.9 Å². The highest BCUT2D eigenvalue weighted by atomic mass is 79.9. The fourth-order valence-corrected chi connectivity index (χ4v) is 5.13. The van der Waals surface area contributed by atoms with Crippen LogP contribution in [0.5, 0.6) is 5.75 Å². The lowest BCUT2D eigenvalue weighted by molar-refractivity contribution is -0.120. The summed E-state index contributed by atoms with van der Waals surface area (Å²) < 4.78 is 13.3. The molecule has 2 heterocycles. The molecule has 1 aromatic heterocycles. The quantitative estimate of drug-likeness (QED) is 0.424. The number of halogens is 1. The van der Waals surface area contributed by atoms with Gasteiger partial charge in [-0.05, 0) is 41.8 Å².